The summed E-state index contributed by atoms with van der Waals surface area (Å²) >= 11 is 0. The lowest BCUT2D eigenvalue weighted by Gasteiger charge is -2.13. The normalized spacial score (nSPS) is 11.9. The van der Waals surface area contributed by atoms with Crippen molar-refractivity contribution in [3.05, 3.63) is 81.9 Å². The zero-order chi connectivity index (χ0) is 28.4. The van der Waals surface area contributed by atoms with Gasteiger partial charge in [-0.05, 0) is 31.2 Å². The Morgan fingerprint density at radius 2 is 1.90 bits per heavy atom. The van der Waals surface area contributed by atoms with Gasteiger partial charge in [0.05, 0.1) is 30.1 Å². The fourth-order valence-corrected chi connectivity index (χ4v) is 4.02. The second-order valence-electron chi connectivity index (χ2n) is 8.94. The summed E-state index contributed by atoms with van der Waals surface area (Å²) in [5, 5.41) is 10.6. The molecule has 0 fully saturated rings. The summed E-state index contributed by atoms with van der Waals surface area (Å²) in [5.74, 6) is -0.995. The monoisotopic (exact) mass is 544 g/mol. The summed E-state index contributed by atoms with van der Waals surface area (Å²) in [4.78, 5) is 62.5. The van der Waals surface area contributed by atoms with Crippen molar-refractivity contribution in [3.63, 3.8) is 0 Å². The minimum atomic E-state index is -0.908. The number of aryl methyl sites for hydroxylation is 1. The molecule has 0 aliphatic carbocycles. The van der Waals surface area contributed by atoms with Crippen molar-refractivity contribution in [1.29, 1.82) is 0 Å². The zero-order valence-corrected chi connectivity index (χ0v) is 21.8. The van der Waals surface area contributed by atoms with Crippen LogP contribution in [0.5, 0.6) is 0 Å². The molecule has 0 bridgehead atoms. The van der Waals surface area contributed by atoms with Gasteiger partial charge in [-0.3, -0.25) is 28.7 Å². The van der Waals surface area contributed by atoms with Gasteiger partial charge < -0.3 is 14.6 Å². The lowest BCUT2D eigenvalue weighted by molar-refractivity contribution is -0.148. The summed E-state index contributed by atoms with van der Waals surface area (Å²) in [5.41, 5.74) is 1.60. The predicted molar refractivity (Wildman–Crippen MR) is 141 cm³/mol. The summed E-state index contributed by atoms with van der Waals surface area (Å²) in [7, 11) is 2.84. The number of amides is 1. The van der Waals surface area contributed by atoms with Crippen molar-refractivity contribution in [1.82, 2.24) is 43.6 Å². The highest BCUT2D eigenvalue weighted by Gasteiger charge is 2.23. The molecule has 5 aromatic heterocycles. The average Bonchev–Trinajstić information content (AvgIpc) is 3.61. The molecule has 0 radical (unpaired) electrons. The van der Waals surface area contributed by atoms with E-state index in [0.29, 0.717) is 11.4 Å². The second kappa shape index (κ2) is 10.7. The lowest BCUT2D eigenvalue weighted by Crippen LogP contribution is -2.38. The van der Waals surface area contributed by atoms with Crippen LogP contribution in [0.4, 0.5) is 5.69 Å². The molecule has 15 heteroatoms. The summed E-state index contributed by atoms with van der Waals surface area (Å²) < 4.78 is 10.2. The molecule has 40 heavy (non-hydrogen) atoms. The summed E-state index contributed by atoms with van der Waals surface area (Å²) in [6.07, 6.45) is 7.73. The second-order valence-corrected chi connectivity index (χ2v) is 8.94. The highest BCUT2D eigenvalue weighted by molar-refractivity contribution is 5.90. The van der Waals surface area contributed by atoms with Crippen LogP contribution in [0.1, 0.15) is 18.7 Å². The maximum absolute atomic E-state index is 12.7. The number of esters is 1. The van der Waals surface area contributed by atoms with Gasteiger partial charge in [-0.1, -0.05) is 5.21 Å². The van der Waals surface area contributed by atoms with Crippen LogP contribution < -0.4 is 16.6 Å². The van der Waals surface area contributed by atoms with E-state index in [1.807, 2.05) is 12.1 Å². The van der Waals surface area contributed by atoms with Gasteiger partial charge in [-0.25, -0.2) is 19.3 Å². The third-order valence-electron chi connectivity index (χ3n) is 6.19. The largest absolute Gasteiger partial charge is 0.458 e. The molecular formula is C25H24N10O5. The number of imidazole rings is 1. The third-order valence-corrected chi connectivity index (χ3v) is 6.19. The number of nitrogens with zero attached hydrogens (tertiary/aromatic N) is 9. The molecule has 0 spiro atoms. The molecule has 5 heterocycles. The number of pyridine rings is 2. The Balaban J connectivity index is 1.17. The minimum absolute atomic E-state index is 0.105. The molecule has 0 aliphatic heterocycles. The molecule has 0 saturated heterocycles. The average molecular weight is 545 g/mol. The van der Waals surface area contributed by atoms with Crippen LogP contribution >= 0.6 is 0 Å². The number of carbonyl (C=O) groups is 2. The number of nitrogens with one attached hydrogen (secondary N) is 1. The number of rotatable bonds is 8. The Hall–Kier alpha value is -5.47. The predicted octanol–water partition coefficient (Wildman–Crippen LogP) is 0.425. The third kappa shape index (κ3) is 5.11. The van der Waals surface area contributed by atoms with Gasteiger partial charge in [-0.2, -0.15) is 0 Å². The Morgan fingerprint density at radius 1 is 1.07 bits per heavy atom. The topological polar surface area (TPSA) is 174 Å². The van der Waals surface area contributed by atoms with Gasteiger partial charge in [0.1, 0.15) is 24.9 Å². The molecule has 1 atom stereocenters. The van der Waals surface area contributed by atoms with Crippen molar-refractivity contribution in [2.75, 3.05) is 5.32 Å². The molecule has 204 valence electrons. The van der Waals surface area contributed by atoms with Gasteiger partial charge in [0, 0.05) is 32.1 Å². The van der Waals surface area contributed by atoms with E-state index in [2.05, 4.69) is 30.6 Å². The van der Waals surface area contributed by atoms with E-state index in [4.69, 9.17) is 4.74 Å². The van der Waals surface area contributed by atoms with Crippen molar-refractivity contribution in [2.45, 2.75) is 26.1 Å². The highest BCUT2D eigenvalue weighted by atomic mass is 16.5. The SMILES string of the molecule is CC(C(=O)OCc1cn(CC(=O)Nc2ccc(-c3cccnc3)nc2)nn1)n1cnc2c1c(=O)n(C)c(=O)n2C. The minimum Gasteiger partial charge on any atom is -0.458 e. The van der Waals surface area contributed by atoms with Gasteiger partial charge in [0.15, 0.2) is 11.2 Å². The first-order valence-corrected chi connectivity index (χ1v) is 12.1. The molecule has 5 aromatic rings. The van der Waals surface area contributed by atoms with Gasteiger partial charge >= 0.3 is 11.7 Å². The van der Waals surface area contributed by atoms with E-state index in [-0.39, 0.29) is 30.2 Å². The fourth-order valence-electron chi connectivity index (χ4n) is 4.02. The van der Waals surface area contributed by atoms with E-state index in [9.17, 15) is 19.2 Å². The zero-order valence-electron chi connectivity index (χ0n) is 21.8. The van der Waals surface area contributed by atoms with Crippen LogP contribution in [0.3, 0.4) is 0 Å². The smallest absolute Gasteiger partial charge is 0.332 e. The summed E-state index contributed by atoms with van der Waals surface area (Å²) in [6, 6.07) is 6.31. The standard InChI is InChI=1S/C25H24N10O5/c1-15(35-14-28-22-21(35)23(37)33(3)25(39)32(22)2)24(38)40-13-18-11-34(31-30-18)12-20(36)29-17-6-7-19(27-10-17)16-5-4-8-26-9-16/h4-11,14-15H,12-13H2,1-3H3,(H,29,36). The van der Waals surface area contributed by atoms with Crippen LogP contribution in [0.2, 0.25) is 0 Å². The molecule has 5 rings (SSSR count). The van der Waals surface area contributed by atoms with Crippen LogP contribution in [-0.2, 0) is 41.6 Å². The van der Waals surface area contributed by atoms with Crippen LogP contribution in [0.25, 0.3) is 22.4 Å². The number of hydrogen-bond acceptors (Lipinski definition) is 10. The van der Waals surface area contributed by atoms with Crippen molar-refractivity contribution >= 4 is 28.7 Å². The van der Waals surface area contributed by atoms with Gasteiger partial charge in [0.25, 0.3) is 5.56 Å². The maximum Gasteiger partial charge on any atom is 0.332 e. The van der Waals surface area contributed by atoms with Crippen molar-refractivity contribution in [3.8, 4) is 11.3 Å². The first-order chi connectivity index (χ1) is 19.2. The first kappa shape index (κ1) is 26.1. The Morgan fingerprint density at radius 3 is 2.62 bits per heavy atom. The number of fused-ring (bicyclic) bond motifs is 1. The molecule has 0 saturated carbocycles. The maximum atomic E-state index is 12.7. The summed E-state index contributed by atoms with van der Waals surface area (Å²) in [6.45, 7) is 1.23. The first-order valence-electron chi connectivity index (χ1n) is 12.1. The number of hydrogen-bond donors (Lipinski definition) is 1. The van der Waals surface area contributed by atoms with E-state index >= 15 is 0 Å². The number of aromatic nitrogens is 9. The highest BCUT2D eigenvalue weighted by Crippen LogP contribution is 2.17. The Labute approximate surface area is 225 Å². The Bertz CT molecular complexity index is 1820. The Kier molecular flexibility index (Phi) is 7.01. The number of ether oxygens (including phenoxy) is 1. The molecule has 0 aromatic carbocycles. The quantitative estimate of drug-likeness (QED) is 0.270. The van der Waals surface area contributed by atoms with E-state index < -0.39 is 23.3 Å². The molecule has 1 unspecified atom stereocenters. The van der Waals surface area contributed by atoms with Crippen molar-refractivity contribution in [2.24, 2.45) is 14.1 Å². The van der Waals surface area contributed by atoms with Crippen LogP contribution in [-0.4, -0.2) is 55.5 Å². The number of anilines is 1. The molecule has 1 N–H and O–H groups in total. The molecule has 1 amide bonds. The van der Waals surface area contributed by atoms with Crippen LogP contribution in [0, 0.1) is 0 Å². The van der Waals surface area contributed by atoms with Crippen molar-refractivity contribution < 1.29 is 14.3 Å². The lowest BCUT2D eigenvalue weighted by atomic mass is 10.2. The van der Waals surface area contributed by atoms with Gasteiger partial charge in [0.2, 0.25) is 5.91 Å². The molecular weight excluding hydrogens is 520 g/mol. The van der Waals surface area contributed by atoms with E-state index in [1.165, 1.54) is 40.4 Å². The molecule has 0 aliphatic rings. The van der Waals surface area contributed by atoms with Gasteiger partial charge in [-0.15, -0.1) is 5.10 Å². The van der Waals surface area contributed by atoms with E-state index in [1.54, 1.807) is 37.6 Å². The fraction of sp³-hybridized carbons (Fsp3) is 0.240. The van der Waals surface area contributed by atoms with Crippen LogP contribution in [0.15, 0.2) is 65.0 Å². The van der Waals surface area contributed by atoms with E-state index in [0.717, 1.165) is 15.8 Å². The number of carbonyl (C=O) groups excluding carboxylic acids is 2. The molecule has 15 nitrogen and oxygen atoms in total.